The normalized spacial score (nSPS) is 18.9. The molecule has 1 aromatic heterocycles. The lowest BCUT2D eigenvalue weighted by molar-refractivity contribution is -0.378. The van der Waals surface area contributed by atoms with Gasteiger partial charge < -0.3 is 50.9 Å². The standard InChI is InChI=1S/C7H11NO7P2.H3N.2H2O/c9-7(16(10,11)12,17(13,14)15)4-6-2-1-3-8-5-6;;;/h1-3,5,9H,4H2,(H2,10,11,12)(H2,13,14,15);1H3;2*1H2. The molecule has 13 heteroatoms. The molecule has 1 heterocycles. The van der Waals surface area contributed by atoms with Crippen molar-refractivity contribution in [2.75, 3.05) is 0 Å². The summed E-state index contributed by atoms with van der Waals surface area (Å²) in [5, 5.41) is 5.84. The van der Waals surface area contributed by atoms with Crippen LogP contribution in [0.15, 0.2) is 24.5 Å². The monoisotopic (exact) mass is 336 g/mol. The van der Waals surface area contributed by atoms with Gasteiger partial charge >= 0.3 is 0 Å². The Morgan fingerprint density at radius 1 is 1.20 bits per heavy atom. The first-order valence-corrected chi connectivity index (χ1v) is 7.48. The van der Waals surface area contributed by atoms with Gasteiger partial charge in [-0.1, -0.05) is 0 Å². The highest BCUT2D eigenvalue weighted by Gasteiger charge is 2.47. The minimum absolute atomic E-state index is 0. The van der Waals surface area contributed by atoms with Crippen LogP contribution in [-0.2, 0) is 15.6 Å². The molecule has 0 aromatic carbocycles. The molecule has 1 aromatic rings. The van der Waals surface area contributed by atoms with Gasteiger partial charge in [0.15, 0.2) is 32.7 Å². The van der Waals surface area contributed by atoms with E-state index in [-0.39, 0.29) is 22.7 Å². The van der Waals surface area contributed by atoms with Crippen LogP contribution in [-0.4, -0.2) is 30.9 Å². The van der Waals surface area contributed by atoms with Crippen molar-refractivity contribution in [2.24, 2.45) is 0 Å². The summed E-state index contributed by atoms with van der Waals surface area (Å²) < 4.78 is 21.8. The topological polar surface area (TPSA) is 255 Å². The van der Waals surface area contributed by atoms with E-state index in [0.29, 0.717) is 0 Å². The van der Waals surface area contributed by atoms with Crippen molar-refractivity contribution in [3.63, 3.8) is 0 Å². The highest BCUT2D eigenvalue weighted by atomic mass is 31.2. The average molecular weight is 336 g/mol. The molecule has 2 atom stereocenters. The second-order valence-corrected chi connectivity index (χ2v) is 7.32. The van der Waals surface area contributed by atoms with E-state index >= 15 is 0 Å². The van der Waals surface area contributed by atoms with Gasteiger partial charge in [0.05, 0.1) is 0 Å². The fourth-order valence-electron chi connectivity index (χ4n) is 1.17. The van der Waals surface area contributed by atoms with Crippen LogP contribution in [0.25, 0.3) is 0 Å². The number of rotatable bonds is 4. The van der Waals surface area contributed by atoms with E-state index in [1.165, 1.54) is 24.5 Å². The quantitative estimate of drug-likeness (QED) is 0.403. The number of aliphatic hydroxyl groups is 1. The summed E-state index contributed by atoms with van der Waals surface area (Å²) in [6, 6.07) is 2.74. The molecule has 0 saturated heterocycles. The Morgan fingerprint density at radius 3 is 1.95 bits per heavy atom. The maximum atomic E-state index is 10.9. The van der Waals surface area contributed by atoms with E-state index < -0.39 is 26.7 Å². The van der Waals surface area contributed by atoms with E-state index in [9.17, 15) is 24.0 Å². The molecule has 0 radical (unpaired) electrons. The highest BCUT2D eigenvalue weighted by molar-refractivity contribution is 7.70. The summed E-state index contributed by atoms with van der Waals surface area (Å²) in [6.45, 7) is 0. The van der Waals surface area contributed by atoms with E-state index in [0.717, 1.165) is 0 Å². The van der Waals surface area contributed by atoms with Gasteiger partial charge in [0.1, 0.15) is 0 Å². The van der Waals surface area contributed by atoms with Gasteiger partial charge in [-0.3, -0.25) is 0 Å². The van der Waals surface area contributed by atoms with Crippen LogP contribution < -0.4 is 20.9 Å². The SMILES string of the molecule is O.O.O=P([O-])(O)C(O)(Cc1ccc[nH+]c1)P(=O)([O-])O.[NH4+]. The molecule has 0 aliphatic rings. The molecule has 120 valence electrons. The summed E-state index contributed by atoms with van der Waals surface area (Å²) in [4.78, 5) is 41.8. The molecule has 0 saturated carbocycles. The number of nitrogens with one attached hydrogen (secondary N) is 1. The maximum Gasteiger partial charge on any atom is 0.195 e. The van der Waals surface area contributed by atoms with Crippen molar-refractivity contribution >= 4 is 15.2 Å². The number of aromatic nitrogens is 1. The molecule has 1 rings (SSSR count). The van der Waals surface area contributed by atoms with Gasteiger partial charge in [-0.15, -0.1) is 0 Å². The Hall–Kier alpha value is -0.710. The Kier molecular flexibility index (Phi) is 9.62. The Bertz CT molecular complexity index is 462. The third kappa shape index (κ3) is 5.00. The third-order valence-corrected chi connectivity index (χ3v) is 5.76. The molecule has 0 amide bonds. The first-order chi connectivity index (χ1) is 7.58. The predicted octanol–water partition coefficient (Wildman–Crippen LogP) is -3.49. The summed E-state index contributed by atoms with van der Waals surface area (Å²) in [5.41, 5.74) is 0.0743. The van der Waals surface area contributed by atoms with Crippen LogP contribution in [0, 0.1) is 0 Å². The first kappa shape index (κ1) is 24.3. The van der Waals surface area contributed by atoms with Gasteiger partial charge in [-0.25, -0.2) is 4.98 Å². The maximum absolute atomic E-state index is 10.9. The van der Waals surface area contributed by atoms with Crippen molar-refractivity contribution < 1.29 is 49.7 Å². The van der Waals surface area contributed by atoms with Crippen LogP contribution in [0.1, 0.15) is 5.56 Å². The largest absolute Gasteiger partial charge is 0.776 e. The molecule has 11 nitrogen and oxygen atoms in total. The van der Waals surface area contributed by atoms with Crippen molar-refractivity contribution in [2.45, 2.75) is 11.5 Å². The summed E-state index contributed by atoms with van der Waals surface area (Å²) in [7, 11) is -11.4. The first-order valence-electron chi connectivity index (χ1n) is 4.33. The predicted molar refractivity (Wildman–Crippen MR) is 64.5 cm³/mol. The number of aromatic amines is 1. The zero-order valence-electron chi connectivity index (χ0n) is 10.4. The van der Waals surface area contributed by atoms with Crippen LogP contribution in [0.5, 0.6) is 0 Å². The summed E-state index contributed by atoms with van der Waals surface area (Å²) in [6.07, 6.45) is 1.70. The Morgan fingerprint density at radius 2 is 1.65 bits per heavy atom. The molecule has 0 aliphatic heterocycles. The van der Waals surface area contributed by atoms with Crippen LogP contribution in [0.3, 0.4) is 0 Å². The lowest BCUT2D eigenvalue weighted by Gasteiger charge is -2.41. The summed E-state index contributed by atoms with van der Waals surface area (Å²) in [5.74, 6) is 0. The van der Waals surface area contributed by atoms with E-state index in [1.807, 2.05) is 0 Å². The molecule has 0 spiro atoms. The molecular weight excluding hydrogens is 318 g/mol. The van der Waals surface area contributed by atoms with Gasteiger partial charge in [-0.2, -0.15) is 0 Å². The minimum atomic E-state index is -5.71. The van der Waals surface area contributed by atoms with Gasteiger partial charge in [0.25, 0.3) is 0 Å². The highest BCUT2D eigenvalue weighted by Crippen LogP contribution is 2.64. The van der Waals surface area contributed by atoms with Crippen LogP contribution in [0.4, 0.5) is 0 Å². The van der Waals surface area contributed by atoms with E-state index in [2.05, 4.69) is 4.98 Å². The zero-order chi connectivity index (χ0) is 13.3. The van der Waals surface area contributed by atoms with E-state index in [4.69, 9.17) is 9.79 Å². The fraction of sp³-hybridized carbons (Fsp3) is 0.286. The van der Waals surface area contributed by atoms with Crippen molar-refractivity contribution in [1.29, 1.82) is 0 Å². The minimum Gasteiger partial charge on any atom is -0.776 e. The van der Waals surface area contributed by atoms with Crippen molar-refractivity contribution in [1.82, 2.24) is 6.15 Å². The van der Waals surface area contributed by atoms with Gasteiger partial charge in [-0.05, 0) is 6.07 Å². The van der Waals surface area contributed by atoms with Crippen molar-refractivity contribution in [3.05, 3.63) is 30.1 Å². The molecule has 0 bridgehead atoms. The third-order valence-electron chi connectivity index (χ3n) is 2.12. The van der Waals surface area contributed by atoms with Gasteiger partial charge in [0, 0.05) is 18.1 Å². The number of quaternary nitrogens is 1. The fourth-order valence-corrected chi connectivity index (χ4v) is 3.22. The van der Waals surface area contributed by atoms with Crippen LogP contribution in [0.2, 0.25) is 0 Å². The Balaban J connectivity index is -0.000000963. The molecule has 2 unspecified atom stereocenters. The van der Waals surface area contributed by atoms with Crippen LogP contribution >= 0.6 is 15.2 Å². The molecule has 0 fully saturated rings. The van der Waals surface area contributed by atoms with Gasteiger partial charge in [0.2, 0.25) is 0 Å². The number of hydrogen-bond donors (Lipinski definition) is 4. The second kappa shape index (κ2) is 7.91. The average Bonchev–Trinajstić information content (AvgIpc) is 2.15. The van der Waals surface area contributed by atoms with E-state index in [1.54, 1.807) is 0 Å². The number of H-pyrrole nitrogens is 1. The lowest BCUT2D eigenvalue weighted by atomic mass is 10.2. The summed E-state index contributed by atoms with van der Waals surface area (Å²) >= 11 is 0. The molecule has 20 heavy (non-hydrogen) atoms. The number of hydrogen-bond acceptors (Lipinski definition) is 5. The molecule has 12 N–H and O–H groups in total. The number of pyridine rings is 1. The Labute approximate surface area is 113 Å². The van der Waals surface area contributed by atoms with Crippen molar-refractivity contribution in [3.8, 4) is 0 Å². The lowest BCUT2D eigenvalue weighted by Crippen LogP contribution is -2.39. The second-order valence-electron chi connectivity index (χ2n) is 3.40. The molecular formula is C7H18N2O9P2. The molecule has 0 aliphatic carbocycles. The zero-order valence-corrected chi connectivity index (χ0v) is 12.2. The smallest absolute Gasteiger partial charge is 0.195 e.